The van der Waals surface area contributed by atoms with E-state index in [9.17, 15) is 0 Å². The standard InChI is InChI=1S/C6H14N2O2/c7-6-5-10-4-2-8(6)1-3-9/h6,9H,1-5,7H2. The first-order chi connectivity index (χ1) is 4.84. The van der Waals surface area contributed by atoms with E-state index in [0.29, 0.717) is 13.2 Å². The number of rotatable bonds is 2. The summed E-state index contributed by atoms with van der Waals surface area (Å²) in [6, 6.07) is 0. The van der Waals surface area contributed by atoms with Gasteiger partial charge in [0.2, 0.25) is 0 Å². The zero-order valence-corrected chi connectivity index (χ0v) is 5.99. The Hall–Kier alpha value is -0.160. The molecule has 1 saturated heterocycles. The summed E-state index contributed by atoms with van der Waals surface area (Å²) in [5, 5.41) is 8.60. The van der Waals surface area contributed by atoms with Crippen molar-refractivity contribution >= 4 is 0 Å². The number of nitrogens with two attached hydrogens (primary N) is 1. The van der Waals surface area contributed by atoms with Crippen LogP contribution < -0.4 is 5.73 Å². The Bertz CT molecular complexity index is 97.7. The third kappa shape index (κ3) is 1.91. The predicted molar refractivity (Wildman–Crippen MR) is 37.5 cm³/mol. The van der Waals surface area contributed by atoms with Crippen LogP contribution in [0.4, 0.5) is 0 Å². The highest BCUT2D eigenvalue weighted by Gasteiger charge is 2.17. The first-order valence-corrected chi connectivity index (χ1v) is 3.53. The third-order valence-electron chi connectivity index (χ3n) is 1.67. The average Bonchev–Trinajstić information content (AvgIpc) is 1.94. The van der Waals surface area contributed by atoms with Crippen LogP contribution in [0.3, 0.4) is 0 Å². The van der Waals surface area contributed by atoms with E-state index < -0.39 is 0 Å². The van der Waals surface area contributed by atoms with Crippen LogP contribution in [-0.2, 0) is 4.74 Å². The number of ether oxygens (including phenoxy) is 1. The van der Waals surface area contributed by atoms with E-state index in [1.54, 1.807) is 0 Å². The van der Waals surface area contributed by atoms with Crippen LogP contribution in [0.15, 0.2) is 0 Å². The second kappa shape index (κ2) is 3.88. The van der Waals surface area contributed by atoms with Crippen LogP contribution >= 0.6 is 0 Å². The molecule has 0 amide bonds. The molecule has 0 aromatic rings. The van der Waals surface area contributed by atoms with E-state index in [1.807, 2.05) is 4.90 Å². The van der Waals surface area contributed by atoms with Gasteiger partial charge in [-0.25, -0.2) is 0 Å². The highest BCUT2D eigenvalue weighted by molar-refractivity contribution is 4.68. The van der Waals surface area contributed by atoms with Gasteiger partial charge in [-0.05, 0) is 0 Å². The molecule has 60 valence electrons. The maximum Gasteiger partial charge on any atom is 0.0814 e. The zero-order valence-electron chi connectivity index (χ0n) is 5.99. The van der Waals surface area contributed by atoms with E-state index in [0.717, 1.165) is 13.2 Å². The number of hydrogen-bond acceptors (Lipinski definition) is 4. The summed E-state index contributed by atoms with van der Waals surface area (Å²) in [4.78, 5) is 2.02. The Kier molecular flexibility index (Phi) is 3.08. The number of hydrogen-bond donors (Lipinski definition) is 2. The van der Waals surface area contributed by atoms with Crippen molar-refractivity contribution in [2.75, 3.05) is 32.9 Å². The van der Waals surface area contributed by atoms with Gasteiger partial charge in [-0.3, -0.25) is 4.90 Å². The molecule has 1 atom stereocenters. The Morgan fingerprint density at radius 3 is 3.10 bits per heavy atom. The molecular weight excluding hydrogens is 132 g/mol. The van der Waals surface area contributed by atoms with Gasteiger partial charge in [0.25, 0.3) is 0 Å². The fourth-order valence-corrected chi connectivity index (χ4v) is 1.06. The van der Waals surface area contributed by atoms with Crippen LogP contribution in [0.1, 0.15) is 0 Å². The topological polar surface area (TPSA) is 58.7 Å². The summed E-state index contributed by atoms with van der Waals surface area (Å²) in [6.45, 7) is 2.98. The van der Waals surface area contributed by atoms with Gasteiger partial charge >= 0.3 is 0 Å². The average molecular weight is 146 g/mol. The second-order valence-corrected chi connectivity index (χ2v) is 2.40. The van der Waals surface area contributed by atoms with Gasteiger partial charge in [-0.15, -0.1) is 0 Å². The van der Waals surface area contributed by atoms with Gasteiger partial charge < -0.3 is 15.6 Å². The van der Waals surface area contributed by atoms with Crippen LogP contribution in [-0.4, -0.2) is 49.1 Å². The van der Waals surface area contributed by atoms with Crippen molar-refractivity contribution < 1.29 is 9.84 Å². The second-order valence-electron chi connectivity index (χ2n) is 2.40. The highest BCUT2D eigenvalue weighted by Crippen LogP contribution is 1.99. The fraction of sp³-hybridized carbons (Fsp3) is 1.00. The Balaban J connectivity index is 2.25. The Morgan fingerprint density at radius 2 is 2.50 bits per heavy atom. The summed E-state index contributed by atoms with van der Waals surface area (Å²) >= 11 is 0. The molecule has 1 aliphatic rings. The minimum atomic E-state index is -0.0269. The lowest BCUT2D eigenvalue weighted by atomic mass is 10.3. The number of aliphatic hydroxyl groups is 1. The molecule has 1 unspecified atom stereocenters. The van der Waals surface area contributed by atoms with Gasteiger partial charge in [0.05, 0.1) is 26.0 Å². The largest absolute Gasteiger partial charge is 0.395 e. The predicted octanol–water partition coefficient (Wildman–Crippen LogP) is -1.40. The van der Waals surface area contributed by atoms with E-state index in [-0.39, 0.29) is 12.8 Å². The fourth-order valence-electron chi connectivity index (χ4n) is 1.06. The van der Waals surface area contributed by atoms with Crippen molar-refractivity contribution in [2.24, 2.45) is 5.73 Å². The zero-order chi connectivity index (χ0) is 7.40. The molecule has 10 heavy (non-hydrogen) atoms. The lowest BCUT2D eigenvalue weighted by Gasteiger charge is -2.32. The number of nitrogens with zero attached hydrogens (tertiary/aromatic N) is 1. The monoisotopic (exact) mass is 146 g/mol. The van der Waals surface area contributed by atoms with E-state index >= 15 is 0 Å². The molecule has 0 aliphatic carbocycles. The molecule has 0 aromatic heterocycles. The molecule has 1 heterocycles. The Labute approximate surface area is 60.6 Å². The van der Waals surface area contributed by atoms with E-state index in [2.05, 4.69) is 0 Å². The number of aliphatic hydroxyl groups excluding tert-OH is 1. The lowest BCUT2D eigenvalue weighted by Crippen LogP contribution is -2.51. The molecular formula is C6H14N2O2. The van der Waals surface area contributed by atoms with Gasteiger partial charge in [0.15, 0.2) is 0 Å². The molecule has 4 heteroatoms. The minimum Gasteiger partial charge on any atom is -0.395 e. The first kappa shape index (κ1) is 7.94. The van der Waals surface area contributed by atoms with Crippen LogP contribution in [0.2, 0.25) is 0 Å². The van der Waals surface area contributed by atoms with Crippen molar-refractivity contribution in [1.82, 2.24) is 4.90 Å². The van der Waals surface area contributed by atoms with Gasteiger partial charge in [-0.1, -0.05) is 0 Å². The smallest absolute Gasteiger partial charge is 0.0814 e. The molecule has 4 nitrogen and oxygen atoms in total. The molecule has 1 aliphatic heterocycles. The molecule has 3 N–H and O–H groups in total. The quantitative estimate of drug-likeness (QED) is 0.503. The van der Waals surface area contributed by atoms with Crippen molar-refractivity contribution in [1.29, 1.82) is 0 Å². The molecule has 0 spiro atoms. The van der Waals surface area contributed by atoms with Crippen LogP contribution in [0.25, 0.3) is 0 Å². The normalized spacial score (nSPS) is 28.8. The maximum atomic E-state index is 8.60. The van der Waals surface area contributed by atoms with Crippen molar-refractivity contribution in [3.63, 3.8) is 0 Å². The summed E-state index contributed by atoms with van der Waals surface area (Å²) in [5.41, 5.74) is 5.65. The molecule has 0 radical (unpaired) electrons. The molecule has 1 fully saturated rings. The summed E-state index contributed by atoms with van der Waals surface area (Å²) in [6.07, 6.45) is -0.0269. The van der Waals surface area contributed by atoms with Crippen LogP contribution in [0, 0.1) is 0 Å². The van der Waals surface area contributed by atoms with Gasteiger partial charge in [0, 0.05) is 13.1 Å². The first-order valence-electron chi connectivity index (χ1n) is 3.53. The van der Waals surface area contributed by atoms with Crippen molar-refractivity contribution in [3.05, 3.63) is 0 Å². The van der Waals surface area contributed by atoms with Crippen LogP contribution in [0.5, 0.6) is 0 Å². The maximum absolute atomic E-state index is 8.60. The van der Waals surface area contributed by atoms with E-state index in [4.69, 9.17) is 15.6 Å². The van der Waals surface area contributed by atoms with Crippen molar-refractivity contribution in [2.45, 2.75) is 6.17 Å². The van der Waals surface area contributed by atoms with Gasteiger partial charge in [0.1, 0.15) is 0 Å². The summed E-state index contributed by atoms with van der Waals surface area (Å²) in [5.74, 6) is 0. The molecule has 1 rings (SSSR count). The SMILES string of the molecule is NC1COCCN1CCO. The van der Waals surface area contributed by atoms with E-state index in [1.165, 1.54) is 0 Å². The number of β-amino-alcohol motifs (C(OH)–C–C–N with tert-alkyl or cyclic N) is 1. The minimum absolute atomic E-state index is 0.0269. The Morgan fingerprint density at radius 1 is 1.70 bits per heavy atom. The van der Waals surface area contributed by atoms with Crippen molar-refractivity contribution in [3.8, 4) is 0 Å². The van der Waals surface area contributed by atoms with Gasteiger partial charge in [-0.2, -0.15) is 0 Å². The molecule has 0 saturated carbocycles. The summed E-state index contributed by atoms with van der Waals surface area (Å²) < 4.78 is 5.11. The summed E-state index contributed by atoms with van der Waals surface area (Å²) in [7, 11) is 0. The molecule has 0 aromatic carbocycles. The number of morpholine rings is 1. The highest BCUT2D eigenvalue weighted by atomic mass is 16.5. The molecule has 0 bridgehead atoms. The lowest BCUT2D eigenvalue weighted by molar-refractivity contribution is -0.0111. The third-order valence-corrected chi connectivity index (χ3v) is 1.67.